The molecule has 4 heteroatoms. The minimum absolute atomic E-state index is 0.0573. The number of carboxylic acids is 1. The summed E-state index contributed by atoms with van der Waals surface area (Å²) in [6, 6.07) is 2.44. The molecule has 0 amide bonds. The van der Waals surface area contributed by atoms with E-state index in [9.17, 15) is 9.18 Å². The van der Waals surface area contributed by atoms with Crippen LogP contribution in [0.2, 0.25) is 0 Å². The molecule has 0 aliphatic heterocycles. The number of benzene rings is 1. The first kappa shape index (κ1) is 9.19. The maximum Gasteiger partial charge on any atom is 0.336 e. The highest BCUT2D eigenvalue weighted by Crippen LogP contribution is 2.20. The summed E-state index contributed by atoms with van der Waals surface area (Å²) >= 11 is 3.03. The number of halogens is 2. The quantitative estimate of drug-likeness (QED) is 0.809. The first-order valence-electron chi connectivity index (χ1n) is 3.21. The van der Waals surface area contributed by atoms with E-state index in [1.54, 1.807) is 6.92 Å². The summed E-state index contributed by atoms with van der Waals surface area (Å²) in [6.07, 6.45) is 0. The molecule has 1 N–H and O–H groups in total. The molecule has 0 atom stereocenters. The first-order chi connectivity index (χ1) is 5.52. The van der Waals surface area contributed by atoms with Crippen molar-refractivity contribution in [2.45, 2.75) is 6.92 Å². The third kappa shape index (κ3) is 1.64. The second kappa shape index (κ2) is 3.23. The molecule has 0 saturated carbocycles. The topological polar surface area (TPSA) is 37.3 Å². The van der Waals surface area contributed by atoms with Crippen LogP contribution in [0, 0.1) is 12.7 Å². The van der Waals surface area contributed by atoms with Gasteiger partial charge in [0, 0.05) is 4.47 Å². The predicted octanol–water partition coefficient (Wildman–Crippen LogP) is 2.59. The number of aryl methyl sites for hydroxylation is 1. The lowest BCUT2D eigenvalue weighted by Gasteiger charge is -2.01. The molecular formula is C8H6BrFO2. The van der Waals surface area contributed by atoms with Crippen molar-refractivity contribution in [2.75, 3.05) is 0 Å². The molecule has 2 nitrogen and oxygen atoms in total. The Morgan fingerprint density at radius 3 is 2.67 bits per heavy atom. The van der Waals surface area contributed by atoms with Crippen molar-refractivity contribution in [3.63, 3.8) is 0 Å². The molecule has 0 radical (unpaired) electrons. The summed E-state index contributed by atoms with van der Waals surface area (Å²) in [5, 5.41) is 8.58. The number of rotatable bonds is 1. The van der Waals surface area contributed by atoms with Gasteiger partial charge >= 0.3 is 5.97 Å². The van der Waals surface area contributed by atoms with Gasteiger partial charge in [-0.25, -0.2) is 9.18 Å². The molecule has 0 aromatic heterocycles. The lowest BCUT2D eigenvalue weighted by Crippen LogP contribution is -1.99. The molecule has 1 rings (SSSR count). The zero-order valence-electron chi connectivity index (χ0n) is 6.27. The summed E-state index contributed by atoms with van der Waals surface area (Å²) in [7, 11) is 0. The standard InChI is InChI=1S/C8H6BrFO2/c1-4-2-6(9)5(8(11)12)3-7(4)10/h2-3H,1H3,(H,11,12). The Hall–Kier alpha value is -0.900. The average molecular weight is 233 g/mol. The highest BCUT2D eigenvalue weighted by molar-refractivity contribution is 9.10. The van der Waals surface area contributed by atoms with Crippen LogP contribution in [0.4, 0.5) is 4.39 Å². The van der Waals surface area contributed by atoms with Crippen molar-refractivity contribution in [1.82, 2.24) is 0 Å². The van der Waals surface area contributed by atoms with Crippen LogP contribution in [0.5, 0.6) is 0 Å². The number of carbonyl (C=O) groups is 1. The van der Waals surface area contributed by atoms with E-state index >= 15 is 0 Å². The molecule has 12 heavy (non-hydrogen) atoms. The van der Waals surface area contributed by atoms with Gasteiger partial charge in [-0.1, -0.05) is 0 Å². The maximum atomic E-state index is 12.8. The number of hydrogen-bond acceptors (Lipinski definition) is 1. The van der Waals surface area contributed by atoms with Crippen LogP contribution in [0.3, 0.4) is 0 Å². The lowest BCUT2D eigenvalue weighted by atomic mass is 10.1. The second-order valence-corrected chi connectivity index (χ2v) is 3.24. The van der Waals surface area contributed by atoms with Crippen molar-refractivity contribution in [2.24, 2.45) is 0 Å². The van der Waals surface area contributed by atoms with Crippen LogP contribution in [-0.4, -0.2) is 11.1 Å². The third-order valence-corrected chi connectivity index (χ3v) is 2.13. The van der Waals surface area contributed by atoms with E-state index in [4.69, 9.17) is 5.11 Å². The number of hydrogen-bond donors (Lipinski definition) is 1. The van der Waals surface area contributed by atoms with Gasteiger partial charge in [-0.05, 0) is 40.5 Å². The highest BCUT2D eigenvalue weighted by Gasteiger charge is 2.10. The fourth-order valence-corrected chi connectivity index (χ4v) is 1.44. The van der Waals surface area contributed by atoms with Crippen LogP contribution in [-0.2, 0) is 0 Å². The highest BCUT2D eigenvalue weighted by atomic mass is 79.9. The Morgan fingerprint density at radius 1 is 1.58 bits per heavy atom. The van der Waals surface area contributed by atoms with Gasteiger partial charge in [0.25, 0.3) is 0 Å². The van der Waals surface area contributed by atoms with Gasteiger partial charge in [0.05, 0.1) is 5.56 Å². The van der Waals surface area contributed by atoms with Crippen molar-refractivity contribution in [1.29, 1.82) is 0 Å². The maximum absolute atomic E-state index is 12.8. The zero-order chi connectivity index (χ0) is 9.30. The van der Waals surface area contributed by atoms with E-state index < -0.39 is 11.8 Å². The molecule has 0 bridgehead atoms. The molecule has 0 saturated heterocycles. The van der Waals surface area contributed by atoms with Crippen molar-refractivity contribution in [3.8, 4) is 0 Å². The Kier molecular flexibility index (Phi) is 2.47. The first-order valence-corrected chi connectivity index (χ1v) is 4.00. The summed E-state index contributed by atoms with van der Waals surface area (Å²) in [4.78, 5) is 10.5. The Labute approximate surface area is 77.2 Å². The zero-order valence-corrected chi connectivity index (χ0v) is 7.85. The van der Waals surface area contributed by atoms with Crippen LogP contribution in [0.1, 0.15) is 15.9 Å². The smallest absolute Gasteiger partial charge is 0.336 e. The van der Waals surface area contributed by atoms with Gasteiger partial charge in [-0.3, -0.25) is 0 Å². The van der Waals surface area contributed by atoms with Crippen molar-refractivity contribution >= 4 is 21.9 Å². The van der Waals surface area contributed by atoms with E-state index in [0.717, 1.165) is 6.07 Å². The Balaban J connectivity index is 3.33. The van der Waals surface area contributed by atoms with Gasteiger partial charge in [-0.2, -0.15) is 0 Å². The molecule has 0 aliphatic rings. The molecule has 0 unspecified atom stereocenters. The van der Waals surface area contributed by atoms with Gasteiger partial charge in [0.2, 0.25) is 0 Å². The van der Waals surface area contributed by atoms with Crippen LogP contribution >= 0.6 is 15.9 Å². The molecule has 1 aromatic rings. The van der Waals surface area contributed by atoms with Crippen molar-refractivity contribution < 1.29 is 14.3 Å². The summed E-state index contributed by atoms with van der Waals surface area (Å²) in [5.41, 5.74) is 0.366. The monoisotopic (exact) mass is 232 g/mol. The minimum Gasteiger partial charge on any atom is -0.478 e. The van der Waals surface area contributed by atoms with E-state index in [1.807, 2.05) is 0 Å². The molecule has 0 heterocycles. The van der Waals surface area contributed by atoms with Gasteiger partial charge in [0.1, 0.15) is 5.82 Å². The Morgan fingerprint density at radius 2 is 2.17 bits per heavy atom. The molecule has 0 aliphatic carbocycles. The second-order valence-electron chi connectivity index (χ2n) is 2.39. The molecule has 0 spiro atoms. The third-order valence-electron chi connectivity index (χ3n) is 1.48. The van der Waals surface area contributed by atoms with Crippen LogP contribution in [0.15, 0.2) is 16.6 Å². The van der Waals surface area contributed by atoms with Crippen molar-refractivity contribution in [3.05, 3.63) is 33.5 Å². The minimum atomic E-state index is -1.14. The summed E-state index contributed by atoms with van der Waals surface area (Å²) in [5.74, 6) is -1.64. The van der Waals surface area contributed by atoms with Crippen LogP contribution < -0.4 is 0 Å². The van der Waals surface area contributed by atoms with Crippen LogP contribution in [0.25, 0.3) is 0 Å². The van der Waals surface area contributed by atoms with Gasteiger partial charge < -0.3 is 5.11 Å². The molecule has 1 aromatic carbocycles. The number of aromatic carboxylic acids is 1. The largest absolute Gasteiger partial charge is 0.478 e. The summed E-state index contributed by atoms with van der Waals surface area (Å²) < 4.78 is 13.2. The molecular weight excluding hydrogens is 227 g/mol. The summed E-state index contributed by atoms with van der Waals surface area (Å²) in [6.45, 7) is 1.58. The SMILES string of the molecule is Cc1cc(Br)c(C(=O)O)cc1F. The van der Waals surface area contributed by atoms with E-state index in [-0.39, 0.29) is 5.56 Å². The lowest BCUT2D eigenvalue weighted by molar-refractivity contribution is 0.0695. The van der Waals surface area contributed by atoms with E-state index in [0.29, 0.717) is 10.0 Å². The fourth-order valence-electron chi connectivity index (χ4n) is 0.810. The predicted molar refractivity (Wildman–Crippen MR) is 45.8 cm³/mol. The molecule has 0 fully saturated rings. The van der Waals surface area contributed by atoms with E-state index in [1.165, 1.54) is 6.07 Å². The average Bonchev–Trinajstić information content (AvgIpc) is 1.96. The van der Waals surface area contributed by atoms with Gasteiger partial charge in [-0.15, -0.1) is 0 Å². The fraction of sp³-hybridized carbons (Fsp3) is 0.125. The Bertz CT molecular complexity index is 336. The number of carboxylic acid groups (broad SMARTS) is 1. The van der Waals surface area contributed by atoms with E-state index in [2.05, 4.69) is 15.9 Å². The van der Waals surface area contributed by atoms with Gasteiger partial charge in [0.15, 0.2) is 0 Å². The normalized spacial score (nSPS) is 9.92. The molecule has 64 valence electrons.